The van der Waals surface area contributed by atoms with Crippen molar-refractivity contribution in [3.05, 3.63) is 0 Å². The van der Waals surface area contributed by atoms with Gasteiger partial charge in [0.2, 0.25) is 0 Å². The predicted octanol–water partition coefficient (Wildman–Crippen LogP) is 1.86. The molecule has 3 nitrogen and oxygen atoms in total. The summed E-state index contributed by atoms with van der Waals surface area (Å²) >= 11 is 0. The van der Waals surface area contributed by atoms with Gasteiger partial charge in [-0.2, -0.15) is 0 Å². The normalized spacial score (nSPS) is 26.2. The van der Waals surface area contributed by atoms with E-state index in [-0.39, 0.29) is 0 Å². The summed E-state index contributed by atoms with van der Waals surface area (Å²) < 4.78 is 6.00. The van der Waals surface area contributed by atoms with E-state index in [0.29, 0.717) is 12.0 Å². The molecule has 0 bridgehead atoms. The van der Waals surface area contributed by atoms with E-state index in [2.05, 4.69) is 18.7 Å². The summed E-state index contributed by atoms with van der Waals surface area (Å²) in [6.07, 6.45) is 5.53. The fourth-order valence-electron chi connectivity index (χ4n) is 2.54. The topological polar surface area (TPSA) is 38.5 Å². The Kier molecular flexibility index (Phi) is 7.01. The second-order valence-electron chi connectivity index (χ2n) is 4.72. The van der Waals surface area contributed by atoms with Crippen molar-refractivity contribution in [2.24, 2.45) is 11.7 Å². The van der Waals surface area contributed by atoms with E-state index in [1.54, 1.807) is 0 Å². The average Bonchev–Trinajstić information content (AvgIpc) is 2.35. The Balaban J connectivity index is 2.19. The smallest absolute Gasteiger partial charge is 0.0616 e. The van der Waals surface area contributed by atoms with E-state index < -0.39 is 0 Å². The Hall–Kier alpha value is -0.120. The molecule has 0 aromatic carbocycles. The molecule has 1 rings (SSSR count). The number of ether oxygens (including phenoxy) is 1. The van der Waals surface area contributed by atoms with Crippen molar-refractivity contribution in [2.45, 2.75) is 45.6 Å². The Morgan fingerprint density at radius 2 is 1.88 bits per heavy atom. The molecule has 0 radical (unpaired) electrons. The third kappa shape index (κ3) is 4.40. The molecule has 1 fully saturated rings. The molecule has 96 valence electrons. The Morgan fingerprint density at radius 1 is 1.19 bits per heavy atom. The molecule has 0 aromatic rings. The van der Waals surface area contributed by atoms with Crippen molar-refractivity contribution in [2.75, 3.05) is 32.8 Å². The van der Waals surface area contributed by atoms with Gasteiger partial charge in [0.05, 0.1) is 12.7 Å². The van der Waals surface area contributed by atoms with Crippen LogP contribution in [0.15, 0.2) is 0 Å². The predicted molar refractivity (Wildman–Crippen MR) is 68.5 cm³/mol. The maximum Gasteiger partial charge on any atom is 0.0616 e. The molecule has 2 unspecified atom stereocenters. The van der Waals surface area contributed by atoms with Crippen molar-refractivity contribution >= 4 is 0 Å². The quantitative estimate of drug-likeness (QED) is 0.723. The number of nitrogens with zero attached hydrogens (tertiary/aromatic N) is 1. The van der Waals surface area contributed by atoms with Crippen molar-refractivity contribution < 1.29 is 4.74 Å². The van der Waals surface area contributed by atoms with E-state index in [1.807, 2.05) is 0 Å². The minimum absolute atomic E-state index is 0.425. The Bertz CT molecular complexity index is 171. The van der Waals surface area contributed by atoms with Gasteiger partial charge in [0, 0.05) is 6.54 Å². The molecule has 3 heteroatoms. The molecule has 0 heterocycles. The standard InChI is InChI=1S/C13H28N2O/c1-3-15(4-2)9-10-16-13-8-6-5-7-12(13)11-14/h12-13H,3-11,14H2,1-2H3. The van der Waals surface area contributed by atoms with Gasteiger partial charge in [-0.3, -0.25) is 0 Å². The van der Waals surface area contributed by atoms with Crippen LogP contribution in [0, 0.1) is 5.92 Å². The van der Waals surface area contributed by atoms with Gasteiger partial charge in [-0.1, -0.05) is 26.7 Å². The van der Waals surface area contributed by atoms with Crippen LogP contribution < -0.4 is 5.73 Å². The lowest BCUT2D eigenvalue weighted by molar-refractivity contribution is -0.0156. The number of nitrogens with two attached hydrogens (primary N) is 1. The minimum atomic E-state index is 0.425. The highest BCUT2D eigenvalue weighted by atomic mass is 16.5. The van der Waals surface area contributed by atoms with Gasteiger partial charge in [0.15, 0.2) is 0 Å². The van der Waals surface area contributed by atoms with E-state index in [1.165, 1.54) is 25.7 Å². The van der Waals surface area contributed by atoms with Crippen molar-refractivity contribution in [3.63, 3.8) is 0 Å². The molecule has 1 saturated carbocycles. The van der Waals surface area contributed by atoms with Crippen molar-refractivity contribution in [3.8, 4) is 0 Å². The van der Waals surface area contributed by atoms with Crippen LogP contribution in [0.5, 0.6) is 0 Å². The third-order valence-electron chi connectivity index (χ3n) is 3.78. The first-order valence-electron chi connectivity index (χ1n) is 6.85. The lowest BCUT2D eigenvalue weighted by Gasteiger charge is -2.31. The molecule has 0 spiro atoms. The largest absolute Gasteiger partial charge is 0.377 e. The average molecular weight is 228 g/mol. The van der Waals surface area contributed by atoms with Crippen LogP contribution in [0.2, 0.25) is 0 Å². The van der Waals surface area contributed by atoms with Crippen LogP contribution in [0.1, 0.15) is 39.5 Å². The van der Waals surface area contributed by atoms with Gasteiger partial charge in [0.1, 0.15) is 0 Å². The zero-order valence-electron chi connectivity index (χ0n) is 11.0. The van der Waals surface area contributed by atoms with Gasteiger partial charge in [-0.25, -0.2) is 0 Å². The lowest BCUT2D eigenvalue weighted by atomic mass is 9.86. The maximum atomic E-state index is 6.00. The van der Waals surface area contributed by atoms with Crippen LogP contribution in [0.3, 0.4) is 0 Å². The summed E-state index contributed by atoms with van der Waals surface area (Å²) in [6.45, 7) is 9.34. The van der Waals surface area contributed by atoms with E-state index in [0.717, 1.165) is 32.8 Å². The summed E-state index contributed by atoms with van der Waals surface area (Å²) in [4.78, 5) is 2.40. The van der Waals surface area contributed by atoms with Crippen LogP contribution in [0.25, 0.3) is 0 Å². The summed E-state index contributed by atoms with van der Waals surface area (Å²) in [5.41, 5.74) is 5.79. The van der Waals surface area contributed by atoms with Gasteiger partial charge < -0.3 is 15.4 Å². The number of rotatable bonds is 7. The summed E-state index contributed by atoms with van der Waals surface area (Å²) in [5.74, 6) is 0.602. The first-order chi connectivity index (χ1) is 7.81. The molecular formula is C13H28N2O. The fourth-order valence-corrected chi connectivity index (χ4v) is 2.54. The van der Waals surface area contributed by atoms with Gasteiger partial charge in [0.25, 0.3) is 0 Å². The molecule has 1 aliphatic carbocycles. The van der Waals surface area contributed by atoms with Crippen LogP contribution in [-0.4, -0.2) is 43.8 Å². The third-order valence-corrected chi connectivity index (χ3v) is 3.78. The maximum absolute atomic E-state index is 6.00. The first-order valence-corrected chi connectivity index (χ1v) is 6.85. The second kappa shape index (κ2) is 8.04. The van der Waals surface area contributed by atoms with Crippen molar-refractivity contribution in [1.29, 1.82) is 0 Å². The molecule has 0 aliphatic heterocycles. The number of likely N-dealkylation sites (N-methyl/N-ethyl adjacent to an activating group) is 1. The van der Waals surface area contributed by atoms with Gasteiger partial charge >= 0.3 is 0 Å². The summed E-state index contributed by atoms with van der Waals surface area (Å²) in [5, 5.41) is 0. The van der Waals surface area contributed by atoms with Crippen molar-refractivity contribution in [1.82, 2.24) is 4.90 Å². The van der Waals surface area contributed by atoms with Crippen LogP contribution >= 0.6 is 0 Å². The molecule has 2 N–H and O–H groups in total. The second-order valence-corrected chi connectivity index (χ2v) is 4.72. The van der Waals surface area contributed by atoms with Gasteiger partial charge in [-0.15, -0.1) is 0 Å². The summed E-state index contributed by atoms with van der Waals surface area (Å²) in [7, 11) is 0. The fraction of sp³-hybridized carbons (Fsp3) is 1.00. The molecule has 16 heavy (non-hydrogen) atoms. The van der Waals surface area contributed by atoms with Crippen LogP contribution in [0.4, 0.5) is 0 Å². The highest BCUT2D eigenvalue weighted by Gasteiger charge is 2.24. The highest BCUT2D eigenvalue weighted by Crippen LogP contribution is 2.25. The summed E-state index contributed by atoms with van der Waals surface area (Å²) in [6, 6.07) is 0. The Labute approximate surface area is 100 Å². The molecule has 1 aliphatic rings. The van der Waals surface area contributed by atoms with Gasteiger partial charge in [-0.05, 0) is 38.4 Å². The number of hydrogen-bond donors (Lipinski definition) is 1. The monoisotopic (exact) mass is 228 g/mol. The number of hydrogen-bond acceptors (Lipinski definition) is 3. The SMILES string of the molecule is CCN(CC)CCOC1CCCCC1CN. The van der Waals surface area contributed by atoms with Crippen LogP contribution in [-0.2, 0) is 4.74 Å². The highest BCUT2D eigenvalue weighted by molar-refractivity contribution is 4.76. The zero-order valence-corrected chi connectivity index (χ0v) is 11.0. The minimum Gasteiger partial charge on any atom is -0.377 e. The molecule has 2 atom stereocenters. The van der Waals surface area contributed by atoms with E-state index in [4.69, 9.17) is 10.5 Å². The molecular weight excluding hydrogens is 200 g/mol. The Morgan fingerprint density at radius 3 is 2.50 bits per heavy atom. The van der Waals surface area contributed by atoms with E-state index in [9.17, 15) is 0 Å². The first kappa shape index (κ1) is 13.9. The molecule has 0 saturated heterocycles. The molecule has 0 aromatic heterocycles. The lowest BCUT2D eigenvalue weighted by Crippen LogP contribution is -2.35. The zero-order chi connectivity index (χ0) is 11.8. The molecule has 0 amide bonds. The van der Waals surface area contributed by atoms with E-state index >= 15 is 0 Å².